The SMILES string of the molecule is Cc1cc(=O)oc2cc(O[C@H]3O[C@@H](CO)[C@@H](O)[C@@H]3O)ccc12. The molecule has 2 aromatic rings. The molecule has 3 rings (SSSR count). The summed E-state index contributed by atoms with van der Waals surface area (Å²) in [5.74, 6) is 0.316. The molecule has 0 unspecified atom stereocenters. The van der Waals surface area contributed by atoms with E-state index in [0.29, 0.717) is 11.3 Å². The molecule has 2 heterocycles. The Bertz CT molecular complexity index is 738. The molecule has 0 spiro atoms. The van der Waals surface area contributed by atoms with Gasteiger partial charge in [0.2, 0.25) is 6.29 Å². The van der Waals surface area contributed by atoms with Crippen LogP contribution in [0.3, 0.4) is 0 Å². The van der Waals surface area contributed by atoms with E-state index in [1.54, 1.807) is 19.1 Å². The highest BCUT2D eigenvalue weighted by molar-refractivity contribution is 5.81. The van der Waals surface area contributed by atoms with Crippen molar-refractivity contribution >= 4 is 11.0 Å². The zero-order chi connectivity index (χ0) is 15.9. The van der Waals surface area contributed by atoms with Crippen LogP contribution < -0.4 is 10.4 Å². The topological polar surface area (TPSA) is 109 Å². The van der Waals surface area contributed by atoms with Crippen molar-refractivity contribution in [1.29, 1.82) is 0 Å². The third-order valence-electron chi connectivity index (χ3n) is 3.67. The minimum absolute atomic E-state index is 0.316. The molecule has 0 saturated carbocycles. The lowest BCUT2D eigenvalue weighted by atomic mass is 10.1. The highest BCUT2D eigenvalue weighted by Gasteiger charge is 2.43. The summed E-state index contributed by atoms with van der Waals surface area (Å²) in [5.41, 5.74) is 0.676. The Morgan fingerprint density at radius 3 is 2.68 bits per heavy atom. The van der Waals surface area contributed by atoms with Crippen molar-refractivity contribution in [2.45, 2.75) is 31.5 Å². The molecule has 1 saturated heterocycles. The Kier molecular flexibility index (Phi) is 3.88. The largest absolute Gasteiger partial charge is 0.462 e. The van der Waals surface area contributed by atoms with Gasteiger partial charge in [0.05, 0.1) is 6.61 Å². The molecule has 0 radical (unpaired) electrons. The molecule has 3 N–H and O–H groups in total. The summed E-state index contributed by atoms with van der Waals surface area (Å²) in [6.45, 7) is 1.37. The number of aliphatic hydroxyl groups is 3. The molecule has 1 fully saturated rings. The fraction of sp³-hybridized carbons (Fsp3) is 0.400. The van der Waals surface area contributed by atoms with Crippen molar-refractivity contribution in [3.05, 3.63) is 40.2 Å². The van der Waals surface area contributed by atoms with Crippen LogP contribution in [0.4, 0.5) is 0 Å². The molecule has 0 aliphatic carbocycles. The van der Waals surface area contributed by atoms with Gasteiger partial charge in [0.15, 0.2) is 0 Å². The van der Waals surface area contributed by atoms with E-state index in [-0.39, 0.29) is 0 Å². The van der Waals surface area contributed by atoms with Gasteiger partial charge in [-0.05, 0) is 24.6 Å². The molecule has 1 aromatic carbocycles. The number of benzene rings is 1. The highest BCUT2D eigenvalue weighted by atomic mass is 16.7. The summed E-state index contributed by atoms with van der Waals surface area (Å²) in [5, 5.41) is 29.3. The van der Waals surface area contributed by atoms with Crippen molar-refractivity contribution in [3.8, 4) is 5.75 Å². The van der Waals surface area contributed by atoms with Gasteiger partial charge in [0.1, 0.15) is 29.6 Å². The van der Waals surface area contributed by atoms with Gasteiger partial charge in [-0.15, -0.1) is 0 Å². The van der Waals surface area contributed by atoms with Gasteiger partial charge in [-0.1, -0.05) is 0 Å². The summed E-state index contributed by atoms with van der Waals surface area (Å²) in [6.07, 6.45) is -4.52. The number of hydrogen-bond acceptors (Lipinski definition) is 7. The van der Waals surface area contributed by atoms with Crippen LogP contribution in [-0.4, -0.2) is 46.5 Å². The summed E-state index contributed by atoms with van der Waals surface area (Å²) in [4.78, 5) is 11.4. The van der Waals surface area contributed by atoms with Crippen molar-refractivity contribution in [1.82, 2.24) is 0 Å². The lowest BCUT2D eigenvalue weighted by molar-refractivity contribution is -0.116. The second kappa shape index (κ2) is 5.69. The van der Waals surface area contributed by atoms with Crippen LogP contribution in [0.5, 0.6) is 5.75 Å². The fourth-order valence-corrected chi connectivity index (χ4v) is 2.48. The standard InChI is InChI=1S/C15H16O7/c1-7-4-12(17)21-10-5-8(2-3-9(7)10)20-15-14(19)13(18)11(6-16)22-15/h2-5,11,13-16,18-19H,6H2,1H3/t11-,13+,14-,15-/m0/s1. The van der Waals surface area contributed by atoms with E-state index < -0.39 is 36.8 Å². The summed E-state index contributed by atoms with van der Waals surface area (Å²) in [7, 11) is 0. The quantitative estimate of drug-likeness (QED) is 0.680. The first-order valence-corrected chi connectivity index (χ1v) is 6.83. The average molecular weight is 308 g/mol. The van der Waals surface area contributed by atoms with Gasteiger partial charge < -0.3 is 29.2 Å². The average Bonchev–Trinajstić information content (AvgIpc) is 2.74. The zero-order valence-corrected chi connectivity index (χ0v) is 11.8. The lowest BCUT2D eigenvalue weighted by Crippen LogP contribution is -2.35. The van der Waals surface area contributed by atoms with E-state index in [1.165, 1.54) is 12.1 Å². The highest BCUT2D eigenvalue weighted by Crippen LogP contribution is 2.27. The second-order valence-corrected chi connectivity index (χ2v) is 5.23. The molecule has 7 nitrogen and oxygen atoms in total. The van der Waals surface area contributed by atoms with Gasteiger partial charge in [-0.2, -0.15) is 0 Å². The number of rotatable bonds is 3. The minimum Gasteiger partial charge on any atom is -0.462 e. The van der Waals surface area contributed by atoms with Crippen molar-refractivity contribution in [2.75, 3.05) is 6.61 Å². The molecular weight excluding hydrogens is 292 g/mol. The first kappa shape index (κ1) is 15.0. The second-order valence-electron chi connectivity index (χ2n) is 5.23. The Morgan fingerprint density at radius 1 is 1.23 bits per heavy atom. The van der Waals surface area contributed by atoms with E-state index >= 15 is 0 Å². The van der Waals surface area contributed by atoms with Crippen LogP contribution in [0.1, 0.15) is 5.56 Å². The van der Waals surface area contributed by atoms with Gasteiger partial charge in [0, 0.05) is 17.5 Å². The van der Waals surface area contributed by atoms with Crippen molar-refractivity contribution in [2.24, 2.45) is 0 Å². The summed E-state index contributed by atoms with van der Waals surface area (Å²) < 4.78 is 15.8. The van der Waals surface area contributed by atoms with E-state index in [2.05, 4.69) is 0 Å². The maximum absolute atomic E-state index is 11.4. The molecular formula is C15H16O7. The molecule has 1 aromatic heterocycles. The van der Waals surface area contributed by atoms with E-state index in [1.807, 2.05) is 0 Å². The molecule has 22 heavy (non-hydrogen) atoms. The zero-order valence-electron chi connectivity index (χ0n) is 11.8. The predicted octanol–water partition coefficient (Wildman–Crippen LogP) is -0.0808. The third kappa shape index (κ3) is 2.59. The van der Waals surface area contributed by atoms with Crippen molar-refractivity contribution < 1.29 is 29.2 Å². The van der Waals surface area contributed by atoms with Crippen LogP contribution in [0.15, 0.2) is 33.5 Å². The Labute approximate surface area is 125 Å². The summed E-state index contributed by atoms with van der Waals surface area (Å²) in [6, 6.07) is 6.28. The smallest absolute Gasteiger partial charge is 0.336 e. The van der Waals surface area contributed by atoms with Gasteiger partial charge in [0.25, 0.3) is 0 Å². The van der Waals surface area contributed by atoms with Crippen molar-refractivity contribution in [3.63, 3.8) is 0 Å². The Hall–Kier alpha value is -1.93. The number of hydrogen-bond donors (Lipinski definition) is 3. The monoisotopic (exact) mass is 308 g/mol. The molecule has 1 aliphatic rings. The molecule has 4 atom stereocenters. The normalized spacial score (nSPS) is 28.2. The molecule has 7 heteroatoms. The maximum atomic E-state index is 11.4. The third-order valence-corrected chi connectivity index (χ3v) is 3.67. The summed E-state index contributed by atoms with van der Waals surface area (Å²) >= 11 is 0. The van der Waals surface area contributed by atoms with Gasteiger partial charge >= 0.3 is 5.63 Å². The Morgan fingerprint density at radius 2 is 2.00 bits per heavy atom. The predicted molar refractivity (Wildman–Crippen MR) is 75.6 cm³/mol. The first-order chi connectivity index (χ1) is 10.5. The van der Waals surface area contributed by atoms with E-state index in [0.717, 1.165) is 10.9 Å². The van der Waals surface area contributed by atoms with Crippen LogP contribution in [-0.2, 0) is 4.74 Å². The number of fused-ring (bicyclic) bond motifs is 1. The first-order valence-electron chi connectivity index (χ1n) is 6.83. The number of ether oxygens (including phenoxy) is 2. The number of aliphatic hydroxyl groups excluding tert-OH is 3. The van der Waals surface area contributed by atoms with Crippen LogP contribution >= 0.6 is 0 Å². The number of aryl methyl sites for hydroxylation is 1. The van der Waals surface area contributed by atoms with Gasteiger partial charge in [-0.25, -0.2) is 4.79 Å². The van der Waals surface area contributed by atoms with E-state index in [9.17, 15) is 15.0 Å². The minimum atomic E-state index is -1.28. The van der Waals surface area contributed by atoms with Gasteiger partial charge in [-0.3, -0.25) is 0 Å². The van der Waals surface area contributed by atoms with Crippen LogP contribution in [0.25, 0.3) is 11.0 Å². The van der Waals surface area contributed by atoms with Crippen LogP contribution in [0, 0.1) is 6.92 Å². The molecule has 1 aliphatic heterocycles. The van der Waals surface area contributed by atoms with E-state index in [4.69, 9.17) is 19.0 Å². The molecule has 0 amide bonds. The maximum Gasteiger partial charge on any atom is 0.336 e. The fourth-order valence-electron chi connectivity index (χ4n) is 2.48. The van der Waals surface area contributed by atoms with Crippen LogP contribution in [0.2, 0.25) is 0 Å². The molecule has 118 valence electrons. The molecule has 0 bridgehead atoms. The lowest BCUT2D eigenvalue weighted by Gasteiger charge is -2.17. The Balaban J connectivity index is 1.87.